The normalized spacial score (nSPS) is 20.3. The van der Waals surface area contributed by atoms with E-state index in [-0.39, 0.29) is 6.03 Å². The third-order valence-electron chi connectivity index (χ3n) is 3.18. The fraction of sp³-hybridized carbons (Fsp3) is 0.500. The number of urea groups is 1. The van der Waals surface area contributed by atoms with Gasteiger partial charge in [-0.25, -0.2) is 4.79 Å². The lowest BCUT2D eigenvalue weighted by atomic mass is 10.2. The van der Waals surface area contributed by atoms with Crippen molar-refractivity contribution in [3.8, 4) is 11.5 Å². The van der Waals surface area contributed by atoms with E-state index in [9.17, 15) is 4.79 Å². The highest BCUT2D eigenvalue weighted by atomic mass is 16.7. The topological polar surface area (TPSA) is 50.8 Å². The SMILES string of the molecule is CCC1(C)Oc2cc(NC(=O)N(C)C)cc(C)c2O1. The highest BCUT2D eigenvalue weighted by molar-refractivity contribution is 5.89. The molecular weight excluding hydrogens is 244 g/mol. The van der Waals surface area contributed by atoms with Crippen molar-refractivity contribution in [1.82, 2.24) is 4.90 Å². The number of aryl methyl sites for hydroxylation is 1. The van der Waals surface area contributed by atoms with Crippen LogP contribution in [0.1, 0.15) is 25.8 Å². The minimum absolute atomic E-state index is 0.170. The number of fused-ring (bicyclic) bond motifs is 1. The Kier molecular flexibility index (Phi) is 3.30. The molecule has 1 aliphatic rings. The van der Waals surface area contributed by atoms with Crippen LogP contribution in [0.15, 0.2) is 12.1 Å². The molecular formula is C14H20N2O3. The lowest BCUT2D eigenvalue weighted by Crippen LogP contribution is -2.33. The molecule has 0 radical (unpaired) electrons. The monoisotopic (exact) mass is 264 g/mol. The van der Waals surface area contributed by atoms with Crippen LogP contribution in [-0.4, -0.2) is 30.8 Å². The number of ether oxygens (including phenoxy) is 2. The summed E-state index contributed by atoms with van der Waals surface area (Å²) in [6.45, 7) is 5.86. The lowest BCUT2D eigenvalue weighted by Gasteiger charge is -2.20. The fourth-order valence-corrected chi connectivity index (χ4v) is 1.87. The van der Waals surface area contributed by atoms with Gasteiger partial charge in [-0.2, -0.15) is 0 Å². The van der Waals surface area contributed by atoms with Crippen molar-refractivity contribution in [2.24, 2.45) is 0 Å². The largest absolute Gasteiger partial charge is 0.449 e. The number of nitrogens with zero attached hydrogens (tertiary/aromatic N) is 1. The summed E-state index contributed by atoms with van der Waals surface area (Å²) in [4.78, 5) is 13.1. The molecule has 2 rings (SSSR count). The number of rotatable bonds is 2. The second-order valence-electron chi connectivity index (χ2n) is 5.14. The van der Waals surface area contributed by atoms with E-state index in [1.807, 2.05) is 26.8 Å². The zero-order chi connectivity index (χ0) is 14.2. The maximum absolute atomic E-state index is 11.6. The number of hydrogen-bond acceptors (Lipinski definition) is 3. The Morgan fingerprint density at radius 2 is 2.05 bits per heavy atom. The second-order valence-corrected chi connectivity index (χ2v) is 5.14. The van der Waals surface area contributed by atoms with Crippen LogP contribution < -0.4 is 14.8 Å². The smallest absolute Gasteiger partial charge is 0.321 e. The minimum atomic E-state index is -0.614. The van der Waals surface area contributed by atoms with E-state index in [1.165, 1.54) is 4.90 Å². The van der Waals surface area contributed by atoms with Gasteiger partial charge in [-0.1, -0.05) is 6.92 Å². The molecule has 104 valence electrons. The molecule has 1 aromatic rings. The van der Waals surface area contributed by atoms with Crippen molar-refractivity contribution in [2.75, 3.05) is 19.4 Å². The van der Waals surface area contributed by atoms with Crippen LogP contribution in [0, 0.1) is 6.92 Å². The molecule has 0 saturated heterocycles. The first kappa shape index (κ1) is 13.5. The predicted molar refractivity (Wildman–Crippen MR) is 73.8 cm³/mol. The van der Waals surface area contributed by atoms with E-state index >= 15 is 0 Å². The highest BCUT2D eigenvalue weighted by Crippen LogP contribution is 2.44. The van der Waals surface area contributed by atoms with Crippen molar-refractivity contribution < 1.29 is 14.3 Å². The van der Waals surface area contributed by atoms with Gasteiger partial charge < -0.3 is 19.7 Å². The number of amides is 2. The lowest BCUT2D eigenvalue weighted by molar-refractivity contribution is -0.0642. The average Bonchev–Trinajstić information content (AvgIpc) is 2.67. The summed E-state index contributed by atoms with van der Waals surface area (Å²) in [5.41, 5.74) is 1.66. The molecule has 0 fully saturated rings. The van der Waals surface area contributed by atoms with E-state index in [4.69, 9.17) is 9.47 Å². The molecule has 0 aromatic heterocycles. The molecule has 0 bridgehead atoms. The minimum Gasteiger partial charge on any atom is -0.449 e. The Labute approximate surface area is 113 Å². The van der Waals surface area contributed by atoms with Gasteiger partial charge in [-0.3, -0.25) is 0 Å². The quantitative estimate of drug-likeness (QED) is 0.893. The van der Waals surface area contributed by atoms with E-state index in [1.54, 1.807) is 20.2 Å². The zero-order valence-corrected chi connectivity index (χ0v) is 12.0. The fourth-order valence-electron chi connectivity index (χ4n) is 1.87. The van der Waals surface area contributed by atoms with Crippen molar-refractivity contribution in [1.29, 1.82) is 0 Å². The molecule has 1 atom stereocenters. The van der Waals surface area contributed by atoms with Gasteiger partial charge in [0.25, 0.3) is 0 Å². The Balaban J connectivity index is 2.27. The molecule has 5 nitrogen and oxygen atoms in total. The first-order chi connectivity index (χ1) is 8.84. The first-order valence-electron chi connectivity index (χ1n) is 6.35. The van der Waals surface area contributed by atoms with Gasteiger partial charge in [-0.05, 0) is 18.6 Å². The summed E-state index contributed by atoms with van der Waals surface area (Å²) in [5.74, 6) is 0.822. The Morgan fingerprint density at radius 3 is 2.63 bits per heavy atom. The number of carbonyl (C=O) groups is 1. The van der Waals surface area contributed by atoms with Gasteiger partial charge >= 0.3 is 6.03 Å². The summed E-state index contributed by atoms with van der Waals surface area (Å²) < 4.78 is 11.7. The van der Waals surface area contributed by atoms with Crippen LogP contribution in [-0.2, 0) is 0 Å². The number of hydrogen-bond donors (Lipinski definition) is 1. The maximum atomic E-state index is 11.6. The molecule has 0 aliphatic carbocycles. The van der Waals surface area contributed by atoms with Crippen LogP contribution in [0.4, 0.5) is 10.5 Å². The molecule has 5 heteroatoms. The van der Waals surface area contributed by atoms with Gasteiger partial charge in [0.15, 0.2) is 11.5 Å². The predicted octanol–water partition coefficient (Wildman–Crippen LogP) is 2.99. The van der Waals surface area contributed by atoms with Crippen LogP contribution in [0.5, 0.6) is 11.5 Å². The number of nitrogens with one attached hydrogen (secondary N) is 1. The molecule has 1 unspecified atom stereocenters. The molecule has 1 N–H and O–H groups in total. The molecule has 0 saturated carbocycles. The zero-order valence-electron chi connectivity index (χ0n) is 12.0. The van der Waals surface area contributed by atoms with Crippen LogP contribution in [0.2, 0.25) is 0 Å². The summed E-state index contributed by atoms with van der Waals surface area (Å²) in [6, 6.07) is 3.51. The second kappa shape index (κ2) is 4.64. The third kappa shape index (κ3) is 2.59. The number of anilines is 1. The number of carbonyl (C=O) groups excluding carboxylic acids is 1. The molecule has 0 spiro atoms. The summed E-state index contributed by atoms with van der Waals surface area (Å²) in [6.07, 6.45) is 0.751. The van der Waals surface area contributed by atoms with Crippen molar-refractivity contribution in [3.05, 3.63) is 17.7 Å². The third-order valence-corrected chi connectivity index (χ3v) is 3.18. The van der Waals surface area contributed by atoms with Crippen LogP contribution >= 0.6 is 0 Å². The van der Waals surface area contributed by atoms with Gasteiger partial charge in [-0.15, -0.1) is 0 Å². The molecule has 1 heterocycles. The summed E-state index contributed by atoms with van der Waals surface area (Å²) in [7, 11) is 3.40. The summed E-state index contributed by atoms with van der Waals surface area (Å²) >= 11 is 0. The van der Waals surface area contributed by atoms with Crippen LogP contribution in [0.25, 0.3) is 0 Å². The van der Waals surface area contributed by atoms with Crippen LogP contribution in [0.3, 0.4) is 0 Å². The molecule has 2 amide bonds. The first-order valence-corrected chi connectivity index (χ1v) is 6.35. The van der Waals surface area contributed by atoms with Gasteiger partial charge in [0.2, 0.25) is 5.79 Å². The van der Waals surface area contributed by atoms with Crippen molar-refractivity contribution in [3.63, 3.8) is 0 Å². The Hall–Kier alpha value is -1.91. The Bertz CT molecular complexity index is 514. The standard InChI is InChI=1S/C14H20N2O3/c1-6-14(3)18-11-8-10(15-13(17)16(4)5)7-9(2)12(11)19-14/h7-8H,6H2,1-5H3,(H,15,17). The van der Waals surface area contributed by atoms with E-state index in [0.29, 0.717) is 11.4 Å². The van der Waals surface area contributed by atoms with Crippen molar-refractivity contribution in [2.45, 2.75) is 33.0 Å². The van der Waals surface area contributed by atoms with Gasteiger partial charge in [0.05, 0.1) is 0 Å². The average molecular weight is 264 g/mol. The van der Waals surface area contributed by atoms with E-state index in [0.717, 1.165) is 17.7 Å². The summed E-state index contributed by atoms with van der Waals surface area (Å²) in [5, 5.41) is 2.81. The highest BCUT2D eigenvalue weighted by Gasteiger charge is 2.36. The molecule has 1 aliphatic heterocycles. The number of benzene rings is 1. The molecule has 1 aromatic carbocycles. The Morgan fingerprint density at radius 1 is 1.37 bits per heavy atom. The van der Waals surface area contributed by atoms with Gasteiger partial charge in [0.1, 0.15) is 0 Å². The molecule has 19 heavy (non-hydrogen) atoms. The van der Waals surface area contributed by atoms with E-state index < -0.39 is 5.79 Å². The maximum Gasteiger partial charge on any atom is 0.321 e. The van der Waals surface area contributed by atoms with Crippen molar-refractivity contribution >= 4 is 11.7 Å². The van der Waals surface area contributed by atoms with E-state index in [2.05, 4.69) is 5.32 Å². The van der Waals surface area contributed by atoms with Gasteiger partial charge in [0, 0.05) is 39.2 Å².